The van der Waals surface area contributed by atoms with Crippen molar-refractivity contribution in [1.82, 2.24) is 9.80 Å². The van der Waals surface area contributed by atoms with Crippen LogP contribution < -0.4 is 4.90 Å². The van der Waals surface area contributed by atoms with E-state index in [2.05, 4.69) is 41.8 Å². The van der Waals surface area contributed by atoms with Gasteiger partial charge in [0.15, 0.2) is 9.84 Å². The van der Waals surface area contributed by atoms with Gasteiger partial charge >= 0.3 is 0 Å². The van der Waals surface area contributed by atoms with E-state index >= 15 is 0 Å². The fourth-order valence-corrected chi connectivity index (χ4v) is 5.91. The zero-order valence-corrected chi connectivity index (χ0v) is 17.6. The Bertz CT molecular complexity index is 801. The minimum absolute atomic E-state index is 0.0253. The number of benzene rings is 1. The highest BCUT2D eigenvalue weighted by Crippen LogP contribution is 2.25. The van der Waals surface area contributed by atoms with Crippen LogP contribution in [0.3, 0.4) is 0 Å². The Labute approximate surface area is 163 Å². The predicted octanol–water partition coefficient (Wildman–Crippen LogP) is 1.46. The summed E-state index contributed by atoms with van der Waals surface area (Å²) in [4.78, 5) is 19.1. The zero-order chi connectivity index (χ0) is 19.8. The van der Waals surface area contributed by atoms with E-state index < -0.39 is 9.84 Å². The zero-order valence-electron chi connectivity index (χ0n) is 16.8. The number of hydrogen-bond donors (Lipinski definition) is 0. The minimum Gasteiger partial charge on any atom is -0.369 e. The molecule has 27 heavy (non-hydrogen) atoms. The molecule has 3 rings (SSSR count). The summed E-state index contributed by atoms with van der Waals surface area (Å²) in [5.41, 5.74) is 3.89. The highest BCUT2D eigenvalue weighted by molar-refractivity contribution is 7.91. The third-order valence-electron chi connectivity index (χ3n) is 6.24. The number of rotatable bonds is 4. The lowest BCUT2D eigenvalue weighted by Gasteiger charge is -2.40. The van der Waals surface area contributed by atoms with Gasteiger partial charge in [-0.15, -0.1) is 0 Å². The third-order valence-corrected chi connectivity index (χ3v) is 7.99. The molecule has 1 amide bonds. The third kappa shape index (κ3) is 4.29. The van der Waals surface area contributed by atoms with Crippen LogP contribution in [-0.4, -0.2) is 80.9 Å². The molecule has 7 heteroatoms. The molecular formula is C20H31N3O3S. The van der Waals surface area contributed by atoms with Gasteiger partial charge in [-0.25, -0.2) is 8.42 Å². The van der Waals surface area contributed by atoms with Crippen LogP contribution in [0.25, 0.3) is 0 Å². The SMILES string of the molecule is Cc1cccc(N2CCN([C@@H](C)C(=O)N(C)[C@H]3CCS(=O)(=O)C3)CC2)c1C. The average Bonchev–Trinajstić information content (AvgIpc) is 3.02. The molecule has 6 nitrogen and oxygen atoms in total. The van der Waals surface area contributed by atoms with Gasteiger partial charge in [-0.1, -0.05) is 12.1 Å². The second-order valence-electron chi connectivity index (χ2n) is 7.92. The summed E-state index contributed by atoms with van der Waals surface area (Å²) in [5, 5.41) is 0. The van der Waals surface area contributed by atoms with Crippen LogP contribution in [0, 0.1) is 13.8 Å². The van der Waals surface area contributed by atoms with E-state index in [9.17, 15) is 13.2 Å². The number of hydrogen-bond acceptors (Lipinski definition) is 5. The number of likely N-dealkylation sites (N-methyl/N-ethyl adjacent to an activating group) is 1. The standard InChI is InChI=1S/C20H31N3O3S/c1-15-6-5-7-19(16(15)2)23-11-9-22(10-12-23)17(3)20(24)21(4)18-8-13-27(25,26)14-18/h5-7,17-18H,8-14H2,1-4H3/t17-,18-/m0/s1. The molecule has 0 aromatic heterocycles. The number of anilines is 1. The molecule has 2 fully saturated rings. The summed E-state index contributed by atoms with van der Waals surface area (Å²) in [5.74, 6) is 0.317. The van der Waals surface area contributed by atoms with Gasteiger partial charge in [0.25, 0.3) is 0 Å². The van der Waals surface area contributed by atoms with Gasteiger partial charge in [-0.3, -0.25) is 9.69 Å². The molecule has 1 aromatic carbocycles. The normalized spacial score (nSPS) is 24.0. The summed E-state index contributed by atoms with van der Waals surface area (Å²) in [6, 6.07) is 6.00. The average molecular weight is 394 g/mol. The molecule has 0 radical (unpaired) electrons. The van der Waals surface area contributed by atoms with E-state index in [1.807, 2.05) is 6.92 Å². The first-order chi connectivity index (χ1) is 12.7. The molecule has 2 heterocycles. The van der Waals surface area contributed by atoms with Crippen molar-refractivity contribution in [3.05, 3.63) is 29.3 Å². The maximum Gasteiger partial charge on any atom is 0.239 e. The van der Waals surface area contributed by atoms with Crippen molar-refractivity contribution in [3.8, 4) is 0 Å². The molecule has 1 aromatic rings. The van der Waals surface area contributed by atoms with Crippen LogP contribution in [0.15, 0.2) is 18.2 Å². The summed E-state index contributed by atoms with van der Waals surface area (Å²) >= 11 is 0. The van der Waals surface area contributed by atoms with E-state index in [-0.39, 0.29) is 29.5 Å². The monoisotopic (exact) mass is 393 g/mol. The van der Waals surface area contributed by atoms with Gasteiger partial charge < -0.3 is 9.80 Å². The summed E-state index contributed by atoms with van der Waals surface area (Å²) in [6.45, 7) is 9.68. The van der Waals surface area contributed by atoms with E-state index in [1.54, 1.807) is 11.9 Å². The number of aryl methyl sites for hydroxylation is 1. The van der Waals surface area contributed by atoms with Gasteiger partial charge in [0.2, 0.25) is 5.91 Å². The number of carbonyl (C=O) groups is 1. The van der Waals surface area contributed by atoms with Gasteiger partial charge in [0.1, 0.15) is 0 Å². The molecule has 150 valence electrons. The lowest BCUT2D eigenvalue weighted by Crippen LogP contribution is -2.55. The van der Waals surface area contributed by atoms with Crippen molar-refractivity contribution in [2.24, 2.45) is 0 Å². The van der Waals surface area contributed by atoms with Crippen molar-refractivity contribution in [1.29, 1.82) is 0 Å². The Morgan fingerprint density at radius 1 is 1.19 bits per heavy atom. The summed E-state index contributed by atoms with van der Waals surface area (Å²) in [6.07, 6.45) is 0.553. The molecule has 0 unspecified atom stereocenters. The molecule has 2 saturated heterocycles. The van der Waals surface area contributed by atoms with Crippen LogP contribution in [0.4, 0.5) is 5.69 Å². The van der Waals surface area contributed by atoms with Gasteiger partial charge in [-0.05, 0) is 44.4 Å². The van der Waals surface area contributed by atoms with Crippen molar-refractivity contribution in [2.45, 2.75) is 39.3 Å². The van der Waals surface area contributed by atoms with Crippen molar-refractivity contribution >= 4 is 21.4 Å². The molecule has 0 saturated carbocycles. The highest BCUT2D eigenvalue weighted by Gasteiger charge is 2.36. The topological polar surface area (TPSA) is 60.9 Å². The quantitative estimate of drug-likeness (QED) is 0.775. The van der Waals surface area contributed by atoms with Crippen molar-refractivity contribution < 1.29 is 13.2 Å². The number of carbonyl (C=O) groups excluding carboxylic acids is 1. The first-order valence-corrected chi connectivity index (χ1v) is 11.5. The molecule has 2 aliphatic rings. The number of piperazine rings is 1. The molecule has 0 N–H and O–H groups in total. The first-order valence-electron chi connectivity index (χ1n) is 9.72. The van der Waals surface area contributed by atoms with Crippen LogP contribution in [0.1, 0.15) is 24.5 Å². The Morgan fingerprint density at radius 3 is 2.44 bits per heavy atom. The Kier molecular flexibility index (Phi) is 5.82. The van der Waals surface area contributed by atoms with E-state index in [0.717, 1.165) is 26.2 Å². The van der Waals surface area contributed by atoms with Gasteiger partial charge in [0.05, 0.1) is 17.5 Å². The number of amides is 1. The predicted molar refractivity (Wildman–Crippen MR) is 109 cm³/mol. The first kappa shape index (κ1) is 20.1. The Balaban J connectivity index is 1.59. The van der Waals surface area contributed by atoms with Crippen LogP contribution in [0.2, 0.25) is 0 Å². The van der Waals surface area contributed by atoms with Gasteiger partial charge in [-0.2, -0.15) is 0 Å². The largest absolute Gasteiger partial charge is 0.369 e. The fourth-order valence-electron chi connectivity index (χ4n) is 4.14. The Hall–Kier alpha value is -1.60. The van der Waals surface area contributed by atoms with E-state index in [0.29, 0.717) is 6.42 Å². The second-order valence-corrected chi connectivity index (χ2v) is 10.2. The molecule has 0 aliphatic carbocycles. The fraction of sp³-hybridized carbons (Fsp3) is 0.650. The summed E-state index contributed by atoms with van der Waals surface area (Å²) in [7, 11) is -1.24. The molecule has 2 aliphatic heterocycles. The molecule has 0 spiro atoms. The lowest BCUT2D eigenvalue weighted by molar-refractivity contribution is -0.136. The van der Waals surface area contributed by atoms with Crippen LogP contribution >= 0.6 is 0 Å². The molecular weight excluding hydrogens is 362 g/mol. The smallest absolute Gasteiger partial charge is 0.239 e. The van der Waals surface area contributed by atoms with Crippen LogP contribution in [0.5, 0.6) is 0 Å². The highest BCUT2D eigenvalue weighted by atomic mass is 32.2. The van der Waals surface area contributed by atoms with Crippen molar-refractivity contribution in [2.75, 3.05) is 49.6 Å². The van der Waals surface area contributed by atoms with E-state index in [1.165, 1.54) is 16.8 Å². The molecule has 0 bridgehead atoms. The van der Waals surface area contributed by atoms with E-state index in [4.69, 9.17) is 0 Å². The number of nitrogens with zero attached hydrogens (tertiary/aromatic N) is 3. The Morgan fingerprint density at radius 2 is 1.85 bits per heavy atom. The van der Waals surface area contributed by atoms with Gasteiger partial charge in [0, 0.05) is 45.0 Å². The lowest BCUT2D eigenvalue weighted by atomic mass is 10.1. The maximum atomic E-state index is 12.9. The molecule has 2 atom stereocenters. The maximum absolute atomic E-state index is 12.9. The number of sulfone groups is 1. The van der Waals surface area contributed by atoms with Crippen LogP contribution in [-0.2, 0) is 14.6 Å². The minimum atomic E-state index is -2.98. The van der Waals surface area contributed by atoms with Crippen molar-refractivity contribution in [3.63, 3.8) is 0 Å². The summed E-state index contributed by atoms with van der Waals surface area (Å²) < 4.78 is 23.4. The second kappa shape index (κ2) is 7.80.